The molecule has 2 N–H and O–H groups in total. The molecule has 0 saturated heterocycles. The summed E-state index contributed by atoms with van der Waals surface area (Å²) in [6.45, 7) is 1.60. The average Bonchev–Trinajstić information content (AvgIpc) is 2.11. The van der Waals surface area contributed by atoms with Gasteiger partial charge in [-0.2, -0.15) is 26.3 Å². The Morgan fingerprint density at radius 1 is 0.944 bits per heavy atom. The molecule has 0 bridgehead atoms. The fraction of sp³-hybridized carbons (Fsp3) is 0.750. The van der Waals surface area contributed by atoms with E-state index < -0.39 is 36.6 Å². The summed E-state index contributed by atoms with van der Waals surface area (Å²) < 4.78 is 69.6. The summed E-state index contributed by atoms with van der Waals surface area (Å²) in [5.74, 6) is -6.68. The van der Waals surface area contributed by atoms with Gasteiger partial charge in [0.25, 0.3) is 0 Å². The van der Waals surface area contributed by atoms with Crippen LogP contribution in [0.25, 0.3) is 0 Å². The van der Waals surface area contributed by atoms with Crippen molar-refractivity contribution in [3.8, 4) is 0 Å². The number of carboxylic acid groups (broad SMARTS) is 2. The maximum Gasteiger partial charge on any atom is 0.401 e. The van der Waals surface area contributed by atoms with Gasteiger partial charge in [0, 0.05) is 6.42 Å². The Balaban J connectivity index is 0. The molecule has 0 aliphatic rings. The lowest BCUT2D eigenvalue weighted by atomic mass is 10.1. The molecular formula is C8H10F6O4. The molecule has 0 radical (unpaired) electrons. The van der Waals surface area contributed by atoms with E-state index in [1.54, 1.807) is 6.92 Å². The van der Waals surface area contributed by atoms with Gasteiger partial charge >= 0.3 is 24.3 Å². The lowest BCUT2D eigenvalue weighted by molar-refractivity contribution is -0.285. The number of hydrogen-bond acceptors (Lipinski definition) is 2. The topological polar surface area (TPSA) is 74.6 Å². The van der Waals surface area contributed by atoms with Gasteiger partial charge in [0.15, 0.2) is 5.92 Å². The Hall–Kier alpha value is -1.48. The summed E-state index contributed by atoms with van der Waals surface area (Å²) >= 11 is 0. The highest BCUT2D eigenvalue weighted by Gasteiger charge is 2.57. The summed E-state index contributed by atoms with van der Waals surface area (Å²) in [4.78, 5) is 19.1. The van der Waals surface area contributed by atoms with Gasteiger partial charge in [-0.3, -0.25) is 9.59 Å². The van der Waals surface area contributed by atoms with Crippen LogP contribution in [0.15, 0.2) is 0 Å². The van der Waals surface area contributed by atoms with Crippen molar-refractivity contribution in [2.24, 2.45) is 5.92 Å². The molecule has 18 heavy (non-hydrogen) atoms. The van der Waals surface area contributed by atoms with Crippen LogP contribution in [-0.4, -0.2) is 34.5 Å². The largest absolute Gasteiger partial charge is 0.481 e. The van der Waals surface area contributed by atoms with Gasteiger partial charge in [0.05, 0.1) is 6.42 Å². The fourth-order valence-electron chi connectivity index (χ4n) is 0.592. The number of alkyl halides is 6. The summed E-state index contributed by atoms with van der Waals surface area (Å²) in [5, 5.41) is 15.5. The molecule has 0 aromatic carbocycles. The van der Waals surface area contributed by atoms with Gasteiger partial charge < -0.3 is 10.2 Å². The molecule has 0 atom stereocenters. The Kier molecular flexibility index (Phi) is 7.41. The third kappa shape index (κ3) is 9.73. The molecule has 10 heteroatoms. The summed E-state index contributed by atoms with van der Waals surface area (Å²) in [6.07, 6.45) is -12.9. The minimum absolute atomic E-state index is 0.222. The number of hydrogen-bond donors (Lipinski definition) is 2. The Bertz CT molecular complexity index is 268. The zero-order chi connectivity index (χ0) is 15.1. The van der Waals surface area contributed by atoms with Crippen molar-refractivity contribution >= 4 is 11.9 Å². The van der Waals surface area contributed by atoms with Crippen molar-refractivity contribution < 1.29 is 46.1 Å². The number of rotatable bonds is 3. The summed E-state index contributed by atoms with van der Waals surface area (Å²) in [7, 11) is 0. The van der Waals surface area contributed by atoms with E-state index in [9.17, 15) is 35.9 Å². The SMILES string of the molecule is CCC(=O)O.O=C(O)CC(C(F)(F)F)C(F)(F)F. The van der Waals surface area contributed by atoms with Crippen molar-refractivity contribution in [1.29, 1.82) is 0 Å². The highest BCUT2D eigenvalue weighted by molar-refractivity contribution is 5.67. The third-order valence-corrected chi connectivity index (χ3v) is 1.47. The van der Waals surface area contributed by atoms with Crippen LogP contribution in [-0.2, 0) is 9.59 Å². The van der Waals surface area contributed by atoms with Crippen molar-refractivity contribution in [3.05, 3.63) is 0 Å². The van der Waals surface area contributed by atoms with E-state index in [4.69, 9.17) is 10.2 Å². The lowest BCUT2D eigenvalue weighted by Crippen LogP contribution is -2.37. The number of carboxylic acids is 2. The molecule has 4 nitrogen and oxygen atoms in total. The maximum absolute atomic E-state index is 11.6. The van der Waals surface area contributed by atoms with Crippen LogP contribution >= 0.6 is 0 Å². The van der Waals surface area contributed by atoms with Crippen LogP contribution in [0.5, 0.6) is 0 Å². The van der Waals surface area contributed by atoms with E-state index in [0.29, 0.717) is 0 Å². The van der Waals surface area contributed by atoms with E-state index in [-0.39, 0.29) is 6.42 Å². The van der Waals surface area contributed by atoms with E-state index in [1.165, 1.54) is 0 Å². The predicted octanol–water partition coefficient (Wildman–Crippen LogP) is 2.68. The fourth-order valence-corrected chi connectivity index (χ4v) is 0.592. The highest BCUT2D eigenvalue weighted by atomic mass is 19.4. The quantitative estimate of drug-likeness (QED) is 0.781. The van der Waals surface area contributed by atoms with E-state index in [1.807, 2.05) is 0 Å². The van der Waals surface area contributed by atoms with E-state index >= 15 is 0 Å². The van der Waals surface area contributed by atoms with Crippen LogP contribution in [0.1, 0.15) is 19.8 Å². The second-order valence-electron chi connectivity index (χ2n) is 2.98. The third-order valence-electron chi connectivity index (χ3n) is 1.47. The molecule has 0 aromatic rings. The normalized spacial score (nSPS) is 11.8. The zero-order valence-corrected chi connectivity index (χ0v) is 8.97. The molecule has 0 fully saturated rings. The molecule has 0 saturated carbocycles. The Morgan fingerprint density at radius 3 is 1.28 bits per heavy atom. The first-order valence-corrected chi connectivity index (χ1v) is 4.39. The minimum Gasteiger partial charge on any atom is -0.481 e. The molecule has 0 aliphatic carbocycles. The summed E-state index contributed by atoms with van der Waals surface area (Å²) in [5.41, 5.74) is 0. The van der Waals surface area contributed by atoms with Crippen LogP contribution in [0.2, 0.25) is 0 Å². The highest BCUT2D eigenvalue weighted by Crippen LogP contribution is 2.41. The lowest BCUT2D eigenvalue weighted by Gasteiger charge is -2.20. The predicted molar refractivity (Wildman–Crippen MR) is 45.8 cm³/mol. The van der Waals surface area contributed by atoms with Gasteiger partial charge in [-0.05, 0) is 0 Å². The standard InChI is InChI=1S/C5H4F6O2.C3H6O2/c6-4(7,8)2(1-3(12)13)5(9,10)11;1-2-3(4)5/h2H,1H2,(H,12,13);2H2,1H3,(H,4,5). The van der Waals surface area contributed by atoms with Crippen molar-refractivity contribution in [3.63, 3.8) is 0 Å². The maximum atomic E-state index is 11.6. The summed E-state index contributed by atoms with van der Waals surface area (Å²) in [6, 6.07) is 0. The average molecular weight is 284 g/mol. The molecular weight excluding hydrogens is 274 g/mol. The zero-order valence-electron chi connectivity index (χ0n) is 8.97. The molecule has 108 valence electrons. The van der Waals surface area contributed by atoms with Gasteiger partial charge in [-0.25, -0.2) is 0 Å². The molecule has 0 aromatic heterocycles. The van der Waals surface area contributed by atoms with Crippen molar-refractivity contribution in [2.75, 3.05) is 0 Å². The van der Waals surface area contributed by atoms with Gasteiger partial charge in [0.1, 0.15) is 0 Å². The molecule has 0 unspecified atom stereocenters. The van der Waals surface area contributed by atoms with Crippen LogP contribution in [0.4, 0.5) is 26.3 Å². The van der Waals surface area contributed by atoms with Crippen LogP contribution < -0.4 is 0 Å². The Morgan fingerprint density at radius 2 is 1.22 bits per heavy atom. The first-order valence-electron chi connectivity index (χ1n) is 4.39. The van der Waals surface area contributed by atoms with Crippen molar-refractivity contribution in [2.45, 2.75) is 32.1 Å². The molecule has 0 spiro atoms. The minimum atomic E-state index is -5.57. The Labute approximate surface area is 97.2 Å². The molecule has 0 aliphatic heterocycles. The number of carbonyl (C=O) groups is 2. The number of halogens is 6. The smallest absolute Gasteiger partial charge is 0.401 e. The second-order valence-corrected chi connectivity index (χ2v) is 2.98. The van der Waals surface area contributed by atoms with Gasteiger partial charge in [0.2, 0.25) is 0 Å². The van der Waals surface area contributed by atoms with Crippen LogP contribution in [0.3, 0.4) is 0 Å². The monoisotopic (exact) mass is 284 g/mol. The van der Waals surface area contributed by atoms with E-state index in [0.717, 1.165) is 0 Å². The van der Waals surface area contributed by atoms with Crippen LogP contribution in [0, 0.1) is 5.92 Å². The molecule has 0 amide bonds. The second kappa shape index (κ2) is 7.07. The first kappa shape index (κ1) is 18.9. The van der Waals surface area contributed by atoms with Crippen molar-refractivity contribution in [1.82, 2.24) is 0 Å². The van der Waals surface area contributed by atoms with E-state index in [2.05, 4.69) is 0 Å². The molecule has 0 rings (SSSR count). The first-order chi connectivity index (χ1) is 7.82. The van der Waals surface area contributed by atoms with Gasteiger partial charge in [-0.15, -0.1) is 0 Å². The van der Waals surface area contributed by atoms with Gasteiger partial charge in [-0.1, -0.05) is 6.92 Å². The number of aliphatic carboxylic acids is 2. The molecule has 0 heterocycles.